The lowest BCUT2D eigenvalue weighted by Gasteiger charge is -2.16. The molecule has 2 unspecified atom stereocenters. The van der Waals surface area contributed by atoms with Gasteiger partial charge in [-0.3, -0.25) is 9.59 Å². The van der Waals surface area contributed by atoms with Gasteiger partial charge >= 0.3 is 11.9 Å². The molecule has 2 atom stereocenters. The zero-order valence-corrected chi connectivity index (χ0v) is 11.3. The van der Waals surface area contributed by atoms with Crippen LogP contribution in [0.25, 0.3) is 10.8 Å². The Kier molecular flexibility index (Phi) is 3.74. The van der Waals surface area contributed by atoms with E-state index in [9.17, 15) is 9.59 Å². The van der Waals surface area contributed by atoms with Gasteiger partial charge in [-0.1, -0.05) is 36.4 Å². The molecule has 0 amide bonds. The van der Waals surface area contributed by atoms with E-state index in [4.69, 9.17) is 10.2 Å². The Morgan fingerprint density at radius 3 is 1.45 bits per heavy atom. The van der Waals surface area contributed by atoms with Gasteiger partial charge in [-0.2, -0.15) is 0 Å². The van der Waals surface area contributed by atoms with Crippen molar-refractivity contribution in [1.29, 1.82) is 0 Å². The molecular weight excluding hydrogens is 256 g/mol. The van der Waals surface area contributed by atoms with E-state index in [-0.39, 0.29) is 0 Å². The first-order valence-corrected chi connectivity index (χ1v) is 6.40. The van der Waals surface area contributed by atoms with E-state index >= 15 is 0 Å². The van der Waals surface area contributed by atoms with Gasteiger partial charge in [0.1, 0.15) is 0 Å². The first-order valence-electron chi connectivity index (χ1n) is 6.40. The molecule has 0 radical (unpaired) electrons. The van der Waals surface area contributed by atoms with Crippen LogP contribution in [0.4, 0.5) is 0 Å². The number of carboxylic acids is 2. The lowest BCUT2D eigenvalue weighted by Crippen LogP contribution is -2.11. The fourth-order valence-corrected chi connectivity index (χ4v) is 2.37. The molecule has 0 fully saturated rings. The van der Waals surface area contributed by atoms with E-state index in [0.717, 1.165) is 10.8 Å². The summed E-state index contributed by atoms with van der Waals surface area (Å²) in [6.45, 7) is 3.26. The molecule has 0 aromatic heterocycles. The number of carboxylic acid groups (broad SMARTS) is 2. The zero-order valence-electron chi connectivity index (χ0n) is 11.3. The molecule has 0 bridgehead atoms. The number of fused-ring (bicyclic) bond motifs is 1. The monoisotopic (exact) mass is 272 g/mol. The van der Waals surface area contributed by atoms with Crippen LogP contribution in [0.1, 0.15) is 36.8 Å². The molecule has 104 valence electrons. The largest absolute Gasteiger partial charge is 0.481 e. The summed E-state index contributed by atoms with van der Waals surface area (Å²) in [7, 11) is 0. The summed E-state index contributed by atoms with van der Waals surface area (Å²) in [6.07, 6.45) is 0. The summed E-state index contributed by atoms with van der Waals surface area (Å²) < 4.78 is 0. The third-order valence-corrected chi connectivity index (χ3v) is 3.67. The summed E-state index contributed by atoms with van der Waals surface area (Å²) >= 11 is 0. The van der Waals surface area contributed by atoms with Crippen LogP contribution in [0.15, 0.2) is 36.4 Å². The highest BCUT2D eigenvalue weighted by Gasteiger charge is 2.21. The normalized spacial score (nSPS) is 13.9. The fraction of sp³-hybridized carbons (Fsp3) is 0.250. The lowest BCUT2D eigenvalue weighted by atomic mass is 9.88. The molecule has 20 heavy (non-hydrogen) atoms. The average Bonchev–Trinajstić information content (AvgIpc) is 2.44. The maximum Gasteiger partial charge on any atom is 0.310 e. The number of rotatable bonds is 4. The topological polar surface area (TPSA) is 74.6 Å². The molecule has 2 N–H and O–H groups in total. The molecule has 0 heterocycles. The van der Waals surface area contributed by atoms with Gasteiger partial charge in [-0.05, 0) is 35.7 Å². The SMILES string of the molecule is CC(C(=O)O)c1ccc(C(C)C(=O)O)c2ccccc12. The van der Waals surface area contributed by atoms with Crippen LogP contribution >= 0.6 is 0 Å². The maximum atomic E-state index is 11.2. The smallest absolute Gasteiger partial charge is 0.310 e. The Labute approximate surface area is 116 Å². The summed E-state index contributed by atoms with van der Waals surface area (Å²) in [5, 5.41) is 19.9. The predicted molar refractivity (Wildman–Crippen MR) is 76.0 cm³/mol. The van der Waals surface area contributed by atoms with Gasteiger partial charge in [0.25, 0.3) is 0 Å². The minimum Gasteiger partial charge on any atom is -0.481 e. The number of benzene rings is 2. The van der Waals surface area contributed by atoms with Crippen molar-refractivity contribution in [1.82, 2.24) is 0 Å². The van der Waals surface area contributed by atoms with E-state index < -0.39 is 23.8 Å². The second-order valence-corrected chi connectivity index (χ2v) is 4.91. The Hall–Kier alpha value is -2.36. The van der Waals surface area contributed by atoms with Crippen molar-refractivity contribution >= 4 is 22.7 Å². The molecule has 0 saturated carbocycles. The van der Waals surface area contributed by atoms with Crippen molar-refractivity contribution in [2.24, 2.45) is 0 Å². The molecule has 2 aromatic rings. The molecule has 2 rings (SSSR count). The van der Waals surface area contributed by atoms with Crippen LogP contribution < -0.4 is 0 Å². The summed E-state index contributed by atoms with van der Waals surface area (Å²) in [5.74, 6) is -3.05. The molecule has 0 aliphatic heterocycles. The van der Waals surface area contributed by atoms with Crippen LogP contribution in [0.3, 0.4) is 0 Å². The van der Waals surface area contributed by atoms with Crippen molar-refractivity contribution in [2.45, 2.75) is 25.7 Å². The van der Waals surface area contributed by atoms with Gasteiger partial charge in [-0.25, -0.2) is 0 Å². The Morgan fingerprint density at radius 1 is 0.800 bits per heavy atom. The first-order chi connectivity index (χ1) is 9.43. The van der Waals surface area contributed by atoms with Crippen molar-refractivity contribution in [3.63, 3.8) is 0 Å². The van der Waals surface area contributed by atoms with Crippen LogP contribution in [0.5, 0.6) is 0 Å². The Morgan fingerprint density at radius 2 is 1.15 bits per heavy atom. The van der Waals surface area contributed by atoms with Gasteiger partial charge in [-0.15, -0.1) is 0 Å². The van der Waals surface area contributed by atoms with Crippen molar-refractivity contribution in [2.75, 3.05) is 0 Å². The molecule has 0 aliphatic rings. The predicted octanol–water partition coefficient (Wildman–Crippen LogP) is 3.22. The fourth-order valence-electron chi connectivity index (χ4n) is 2.37. The molecule has 4 heteroatoms. The van der Waals surface area contributed by atoms with Crippen LogP contribution in [-0.2, 0) is 9.59 Å². The number of aliphatic carboxylic acids is 2. The van der Waals surface area contributed by atoms with Gasteiger partial charge in [0, 0.05) is 0 Å². The maximum absolute atomic E-state index is 11.2. The molecule has 0 aliphatic carbocycles. The number of hydrogen-bond donors (Lipinski definition) is 2. The van der Waals surface area contributed by atoms with Gasteiger partial charge in [0.15, 0.2) is 0 Å². The summed E-state index contributed by atoms with van der Waals surface area (Å²) in [6, 6.07) is 10.8. The average molecular weight is 272 g/mol. The third-order valence-electron chi connectivity index (χ3n) is 3.67. The second kappa shape index (κ2) is 5.33. The number of hydrogen-bond acceptors (Lipinski definition) is 2. The zero-order chi connectivity index (χ0) is 14.9. The molecule has 0 spiro atoms. The molecule has 0 saturated heterocycles. The van der Waals surface area contributed by atoms with Gasteiger partial charge < -0.3 is 10.2 Å². The van der Waals surface area contributed by atoms with E-state index in [1.54, 1.807) is 26.0 Å². The highest BCUT2D eigenvalue weighted by molar-refractivity contribution is 5.95. The number of carbonyl (C=O) groups is 2. The van der Waals surface area contributed by atoms with Crippen LogP contribution in [-0.4, -0.2) is 22.2 Å². The van der Waals surface area contributed by atoms with E-state index in [1.807, 2.05) is 24.3 Å². The summed E-state index contributed by atoms with van der Waals surface area (Å²) in [4.78, 5) is 22.4. The van der Waals surface area contributed by atoms with Crippen LogP contribution in [0, 0.1) is 0 Å². The second-order valence-electron chi connectivity index (χ2n) is 4.91. The Bertz CT molecular complexity index is 617. The molecule has 2 aromatic carbocycles. The van der Waals surface area contributed by atoms with Gasteiger partial charge in [0.05, 0.1) is 11.8 Å². The molecule has 4 nitrogen and oxygen atoms in total. The lowest BCUT2D eigenvalue weighted by molar-refractivity contribution is -0.139. The summed E-state index contributed by atoms with van der Waals surface area (Å²) in [5.41, 5.74) is 1.41. The highest BCUT2D eigenvalue weighted by atomic mass is 16.4. The van der Waals surface area contributed by atoms with Gasteiger partial charge in [0.2, 0.25) is 0 Å². The minimum atomic E-state index is -0.894. The third kappa shape index (κ3) is 2.37. The Balaban J connectivity index is 2.70. The van der Waals surface area contributed by atoms with Crippen molar-refractivity contribution in [3.8, 4) is 0 Å². The first kappa shape index (κ1) is 14.1. The van der Waals surface area contributed by atoms with E-state index in [0.29, 0.717) is 11.1 Å². The quantitative estimate of drug-likeness (QED) is 0.896. The van der Waals surface area contributed by atoms with E-state index in [1.165, 1.54) is 0 Å². The highest BCUT2D eigenvalue weighted by Crippen LogP contribution is 2.32. The minimum absolute atomic E-state index is 0.630. The molecular formula is C16H16O4. The van der Waals surface area contributed by atoms with Crippen molar-refractivity contribution < 1.29 is 19.8 Å². The standard InChI is InChI=1S/C16H16O4/c1-9(15(17)18)11-7-8-12(10(2)16(19)20)14-6-4-3-5-13(11)14/h3-10H,1-2H3,(H,17,18)(H,19,20). The van der Waals surface area contributed by atoms with Crippen LogP contribution in [0.2, 0.25) is 0 Å². The van der Waals surface area contributed by atoms with Crippen molar-refractivity contribution in [3.05, 3.63) is 47.5 Å². The van der Waals surface area contributed by atoms with E-state index in [2.05, 4.69) is 0 Å².